The van der Waals surface area contributed by atoms with Gasteiger partial charge < -0.3 is 15.4 Å². The molecular weight excluding hydrogens is 304 g/mol. The predicted molar refractivity (Wildman–Crippen MR) is 92.7 cm³/mol. The molecule has 1 aliphatic rings. The molecule has 0 radical (unpaired) electrons. The first kappa shape index (κ1) is 16.2. The molecule has 1 heterocycles. The zero-order chi connectivity index (χ0) is 17.1. The van der Waals surface area contributed by atoms with Crippen LogP contribution in [-0.2, 0) is 0 Å². The molecule has 1 amide bonds. The average molecular weight is 326 g/mol. The molecule has 6 heteroatoms. The summed E-state index contributed by atoms with van der Waals surface area (Å²) in [5.74, 6) is 1.71. The third kappa shape index (κ3) is 4.22. The van der Waals surface area contributed by atoms with Gasteiger partial charge in [0.1, 0.15) is 23.1 Å². The Balaban J connectivity index is 1.82. The number of amides is 1. The summed E-state index contributed by atoms with van der Waals surface area (Å²) in [5.41, 5.74) is 1.18. The monoisotopic (exact) mass is 326 g/mol. The summed E-state index contributed by atoms with van der Waals surface area (Å²) in [5, 5.41) is 6.17. The van der Waals surface area contributed by atoms with Crippen LogP contribution in [0.5, 0.6) is 5.75 Å². The van der Waals surface area contributed by atoms with Crippen molar-refractivity contribution >= 4 is 17.4 Å². The molecule has 0 bridgehead atoms. The van der Waals surface area contributed by atoms with Crippen LogP contribution in [-0.4, -0.2) is 28.0 Å². The SMILES string of the molecule is Cc1nc(Nc2ccccc2OC(C)C)cc(C(=O)NC2CC2)n1. The van der Waals surface area contributed by atoms with E-state index in [1.54, 1.807) is 13.0 Å². The number of nitrogens with one attached hydrogen (secondary N) is 2. The van der Waals surface area contributed by atoms with E-state index in [1.165, 1.54) is 0 Å². The smallest absolute Gasteiger partial charge is 0.270 e. The second kappa shape index (κ2) is 6.86. The molecule has 2 N–H and O–H groups in total. The Morgan fingerprint density at radius 2 is 2.00 bits per heavy atom. The Labute approximate surface area is 141 Å². The van der Waals surface area contributed by atoms with Gasteiger partial charge in [0.15, 0.2) is 0 Å². The van der Waals surface area contributed by atoms with Crippen molar-refractivity contribution < 1.29 is 9.53 Å². The lowest BCUT2D eigenvalue weighted by atomic mass is 10.2. The Hall–Kier alpha value is -2.63. The fourth-order valence-corrected chi connectivity index (χ4v) is 2.30. The number of carbonyl (C=O) groups is 1. The topological polar surface area (TPSA) is 76.1 Å². The fraction of sp³-hybridized carbons (Fsp3) is 0.389. The van der Waals surface area contributed by atoms with Gasteiger partial charge in [0.05, 0.1) is 11.8 Å². The summed E-state index contributed by atoms with van der Waals surface area (Å²) >= 11 is 0. The Morgan fingerprint density at radius 3 is 2.71 bits per heavy atom. The minimum absolute atomic E-state index is 0.0694. The molecule has 24 heavy (non-hydrogen) atoms. The maximum Gasteiger partial charge on any atom is 0.270 e. The summed E-state index contributed by atoms with van der Waals surface area (Å²) < 4.78 is 5.80. The van der Waals surface area contributed by atoms with Crippen LogP contribution in [0.2, 0.25) is 0 Å². The molecule has 1 aliphatic carbocycles. The van der Waals surface area contributed by atoms with E-state index in [0.29, 0.717) is 23.4 Å². The zero-order valence-electron chi connectivity index (χ0n) is 14.2. The van der Waals surface area contributed by atoms with E-state index in [9.17, 15) is 4.79 Å². The van der Waals surface area contributed by atoms with E-state index in [0.717, 1.165) is 24.3 Å². The van der Waals surface area contributed by atoms with E-state index < -0.39 is 0 Å². The van der Waals surface area contributed by atoms with Gasteiger partial charge in [0.25, 0.3) is 5.91 Å². The van der Waals surface area contributed by atoms with Gasteiger partial charge in [0, 0.05) is 12.1 Å². The Kier molecular flexibility index (Phi) is 4.64. The molecule has 126 valence electrons. The number of para-hydroxylation sites is 2. The third-order valence-corrected chi connectivity index (χ3v) is 3.50. The number of rotatable bonds is 6. The van der Waals surface area contributed by atoms with Crippen molar-refractivity contribution in [2.75, 3.05) is 5.32 Å². The van der Waals surface area contributed by atoms with Gasteiger partial charge in [-0.15, -0.1) is 0 Å². The van der Waals surface area contributed by atoms with Gasteiger partial charge in [0.2, 0.25) is 0 Å². The van der Waals surface area contributed by atoms with Crippen molar-refractivity contribution in [1.29, 1.82) is 0 Å². The first-order chi connectivity index (χ1) is 11.5. The number of nitrogens with zero attached hydrogens (tertiary/aromatic N) is 2. The van der Waals surface area contributed by atoms with E-state index >= 15 is 0 Å². The molecular formula is C18H22N4O2. The van der Waals surface area contributed by atoms with Crippen LogP contribution in [0.25, 0.3) is 0 Å². The van der Waals surface area contributed by atoms with Gasteiger partial charge in [-0.2, -0.15) is 0 Å². The fourth-order valence-electron chi connectivity index (χ4n) is 2.30. The van der Waals surface area contributed by atoms with E-state index in [2.05, 4.69) is 20.6 Å². The minimum Gasteiger partial charge on any atom is -0.489 e. The second-order valence-corrected chi connectivity index (χ2v) is 6.22. The van der Waals surface area contributed by atoms with Crippen LogP contribution in [0.4, 0.5) is 11.5 Å². The van der Waals surface area contributed by atoms with Crippen molar-refractivity contribution in [3.63, 3.8) is 0 Å². The Bertz CT molecular complexity index is 742. The summed E-state index contributed by atoms with van der Waals surface area (Å²) in [6, 6.07) is 9.62. The van der Waals surface area contributed by atoms with Crippen LogP contribution < -0.4 is 15.4 Å². The highest BCUT2D eigenvalue weighted by Crippen LogP contribution is 2.28. The first-order valence-corrected chi connectivity index (χ1v) is 8.20. The van der Waals surface area contributed by atoms with Gasteiger partial charge in [-0.25, -0.2) is 9.97 Å². The summed E-state index contributed by atoms with van der Waals surface area (Å²) in [6.07, 6.45) is 2.15. The van der Waals surface area contributed by atoms with Gasteiger partial charge in [-0.05, 0) is 45.7 Å². The number of aromatic nitrogens is 2. The number of hydrogen-bond donors (Lipinski definition) is 2. The highest BCUT2D eigenvalue weighted by molar-refractivity contribution is 5.93. The number of carbonyl (C=O) groups excluding carboxylic acids is 1. The molecule has 0 saturated heterocycles. The minimum atomic E-state index is -0.155. The largest absolute Gasteiger partial charge is 0.489 e. The molecule has 1 aromatic carbocycles. The van der Waals surface area contributed by atoms with E-state index in [-0.39, 0.29) is 12.0 Å². The van der Waals surface area contributed by atoms with Crippen molar-refractivity contribution in [2.24, 2.45) is 0 Å². The van der Waals surface area contributed by atoms with Crippen LogP contribution in [0.3, 0.4) is 0 Å². The number of benzene rings is 1. The molecule has 6 nitrogen and oxygen atoms in total. The quantitative estimate of drug-likeness (QED) is 0.852. The van der Waals surface area contributed by atoms with Gasteiger partial charge in [-0.1, -0.05) is 12.1 Å². The Morgan fingerprint density at radius 1 is 1.25 bits per heavy atom. The van der Waals surface area contributed by atoms with Crippen molar-refractivity contribution in [3.05, 3.63) is 41.9 Å². The number of aryl methyl sites for hydroxylation is 1. The standard InChI is InChI=1S/C18H22N4O2/c1-11(2)24-16-7-5-4-6-14(16)22-17-10-15(19-12(3)20-17)18(23)21-13-8-9-13/h4-7,10-11,13H,8-9H2,1-3H3,(H,21,23)(H,19,20,22). The van der Waals surface area contributed by atoms with E-state index in [1.807, 2.05) is 38.1 Å². The number of anilines is 2. The van der Waals surface area contributed by atoms with Crippen LogP contribution in [0.15, 0.2) is 30.3 Å². The maximum atomic E-state index is 12.2. The molecule has 0 atom stereocenters. The molecule has 1 fully saturated rings. The molecule has 2 aromatic rings. The van der Waals surface area contributed by atoms with E-state index in [4.69, 9.17) is 4.74 Å². The normalized spacial score (nSPS) is 13.7. The van der Waals surface area contributed by atoms with Gasteiger partial charge in [-0.3, -0.25) is 4.79 Å². The van der Waals surface area contributed by atoms with Crippen LogP contribution in [0, 0.1) is 6.92 Å². The summed E-state index contributed by atoms with van der Waals surface area (Å²) in [6.45, 7) is 5.73. The highest BCUT2D eigenvalue weighted by atomic mass is 16.5. The molecule has 1 saturated carbocycles. The second-order valence-electron chi connectivity index (χ2n) is 6.22. The third-order valence-electron chi connectivity index (χ3n) is 3.50. The first-order valence-electron chi connectivity index (χ1n) is 8.20. The van der Waals surface area contributed by atoms with Crippen molar-refractivity contribution in [1.82, 2.24) is 15.3 Å². The zero-order valence-corrected chi connectivity index (χ0v) is 14.2. The highest BCUT2D eigenvalue weighted by Gasteiger charge is 2.24. The summed E-state index contributed by atoms with van der Waals surface area (Å²) in [4.78, 5) is 20.8. The molecule has 0 aliphatic heterocycles. The average Bonchev–Trinajstić information content (AvgIpc) is 3.32. The molecule has 0 unspecified atom stereocenters. The molecule has 0 spiro atoms. The van der Waals surface area contributed by atoms with Crippen LogP contribution >= 0.6 is 0 Å². The number of hydrogen-bond acceptors (Lipinski definition) is 5. The lowest BCUT2D eigenvalue weighted by molar-refractivity contribution is 0.0945. The molecule has 1 aromatic heterocycles. The van der Waals surface area contributed by atoms with Crippen molar-refractivity contribution in [2.45, 2.75) is 45.8 Å². The lowest BCUT2D eigenvalue weighted by Gasteiger charge is -2.15. The molecule has 3 rings (SSSR count). The lowest BCUT2D eigenvalue weighted by Crippen LogP contribution is -2.26. The predicted octanol–water partition coefficient (Wildman–Crippen LogP) is 3.21. The maximum absolute atomic E-state index is 12.2. The number of ether oxygens (including phenoxy) is 1. The van der Waals surface area contributed by atoms with Crippen LogP contribution in [0.1, 0.15) is 43.0 Å². The van der Waals surface area contributed by atoms with Crippen molar-refractivity contribution in [3.8, 4) is 5.75 Å². The summed E-state index contributed by atoms with van der Waals surface area (Å²) in [7, 11) is 0. The van der Waals surface area contributed by atoms with Gasteiger partial charge >= 0.3 is 0 Å².